The van der Waals surface area contributed by atoms with Crippen LogP contribution in [-0.4, -0.2) is 46.8 Å². The molecule has 0 spiro atoms. The Balaban J connectivity index is 1.85. The number of hydrogen-bond donors (Lipinski definition) is 1. The minimum Gasteiger partial charge on any atom is -0.355 e. The molecule has 2 rings (SSSR count). The summed E-state index contributed by atoms with van der Waals surface area (Å²) < 4.78 is 1.41. The third kappa shape index (κ3) is 6.81. The van der Waals surface area contributed by atoms with Gasteiger partial charge < -0.3 is 10.2 Å². The first-order chi connectivity index (χ1) is 13.0. The molecule has 0 bridgehead atoms. The quantitative estimate of drug-likeness (QED) is 0.677. The number of benzene rings is 1. The predicted octanol–water partition coefficient (Wildman–Crippen LogP) is 2.80. The molecule has 1 N–H and O–H groups in total. The van der Waals surface area contributed by atoms with Crippen LogP contribution in [0.5, 0.6) is 0 Å². The van der Waals surface area contributed by atoms with Gasteiger partial charge in [-0.1, -0.05) is 37.6 Å². The monoisotopic (exact) mass is 390 g/mol. The lowest BCUT2D eigenvalue weighted by Gasteiger charge is -2.17. The smallest absolute Gasteiger partial charge is 0.266 e. The van der Waals surface area contributed by atoms with Crippen LogP contribution in [0, 0.1) is 0 Å². The highest BCUT2D eigenvalue weighted by Crippen LogP contribution is 2.18. The lowest BCUT2D eigenvalue weighted by molar-refractivity contribution is -0.121. The van der Waals surface area contributed by atoms with Gasteiger partial charge >= 0.3 is 0 Å². The molecule has 0 unspecified atom stereocenters. The van der Waals surface area contributed by atoms with Crippen molar-refractivity contribution in [2.24, 2.45) is 0 Å². The number of nitrogens with zero attached hydrogens (tertiary/aromatic N) is 3. The van der Waals surface area contributed by atoms with Crippen LogP contribution in [0.3, 0.4) is 0 Å². The first-order valence-corrected chi connectivity index (χ1v) is 9.74. The molecule has 146 valence electrons. The second-order valence-electron chi connectivity index (χ2n) is 6.27. The van der Waals surface area contributed by atoms with E-state index in [1.54, 1.807) is 18.2 Å². The number of hydrogen-bond acceptors (Lipinski definition) is 4. The van der Waals surface area contributed by atoms with E-state index in [0.29, 0.717) is 36.6 Å². The molecule has 0 saturated carbocycles. The van der Waals surface area contributed by atoms with E-state index < -0.39 is 0 Å². The highest BCUT2D eigenvalue weighted by atomic mass is 35.5. The van der Waals surface area contributed by atoms with Crippen LogP contribution < -0.4 is 10.9 Å². The Bertz CT molecular complexity index is 785. The molecule has 0 aliphatic rings. The molecule has 0 atom stereocenters. The Morgan fingerprint density at radius 2 is 1.85 bits per heavy atom. The molecule has 1 aromatic heterocycles. The fourth-order valence-electron chi connectivity index (χ4n) is 2.75. The van der Waals surface area contributed by atoms with E-state index in [-0.39, 0.29) is 11.5 Å². The van der Waals surface area contributed by atoms with Crippen LogP contribution in [0.25, 0.3) is 11.3 Å². The molecule has 6 nitrogen and oxygen atoms in total. The first kappa shape index (κ1) is 21.1. The molecule has 0 saturated heterocycles. The molecule has 27 heavy (non-hydrogen) atoms. The Hall–Kier alpha value is -2.18. The van der Waals surface area contributed by atoms with E-state index in [2.05, 4.69) is 29.2 Å². The highest BCUT2D eigenvalue weighted by Gasteiger charge is 2.06. The number of nitrogens with one attached hydrogen (secondary N) is 1. The van der Waals surface area contributed by atoms with Crippen molar-refractivity contribution in [3.05, 3.63) is 51.8 Å². The summed E-state index contributed by atoms with van der Waals surface area (Å²) in [5.74, 6) is 0.00376. The SMILES string of the molecule is CCN(CC)CCNC(=O)CCCn1nc(-c2ccc(Cl)cc2)ccc1=O. The minimum atomic E-state index is -0.172. The highest BCUT2D eigenvalue weighted by molar-refractivity contribution is 6.30. The van der Waals surface area contributed by atoms with E-state index >= 15 is 0 Å². The van der Waals surface area contributed by atoms with Gasteiger partial charge in [0.2, 0.25) is 5.91 Å². The zero-order valence-corrected chi connectivity index (χ0v) is 16.7. The lowest BCUT2D eigenvalue weighted by atomic mass is 10.1. The third-order valence-corrected chi connectivity index (χ3v) is 4.68. The minimum absolute atomic E-state index is 0.00376. The maximum absolute atomic E-state index is 12.0. The van der Waals surface area contributed by atoms with E-state index in [1.807, 2.05) is 12.1 Å². The number of carbonyl (C=O) groups is 1. The van der Waals surface area contributed by atoms with Crippen LogP contribution in [0.2, 0.25) is 5.02 Å². The lowest BCUT2D eigenvalue weighted by Crippen LogP contribution is -2.34. The summed E-state index contributed by atoms with van der Waals surface area (Å²) in [5.41, 5.74) is 1.42. The van der Waals surface area contributed by atoms with E-state index in [0.717, 1.165) is 25.2 Å². The normalized spacial score (nSPS) is 11.0. The van der Waals surface area contributed by atoms with Crippen molar-refractivity contribution in [1.82, 2.24) is 20.0 Å². The van der Waals surface area contributed by atoms with E-state index in [1.165, 1.54) is 10.7 Å². The topological polar surface area (TPSA) is 67.2 Å². The average molecular weight is 391 g/mol. The average Bonchev–Trinajstić information content (AvgIpc) is 2.67. The van der Waals surface area contributed by atoms with E-state index in [9.17, 15) is 9.59 Å². The van der Waals surface area contributed by atoms with Crippen molar-refractivity contribution in [3.63, 3.8) is 0 Å². The van der Waals surface area contributed by atoms with Crippen LogP contribution in [-0.2, 0) is 11.3 Å². The van der Waals surface area contributed by atoms with Gasteiger partial charge in [-0.3, -0.25) is 9.59 Å². The summed E-state index contributed by atoms with van der Waals surface area (Å²) in [6.45, 7) is 8.07. The number of carbonyl (C=O) groups excluding carboxylic acids is 1. The van der Waals surface area contributed by atoms with Gasteiger partial charge in [-0.2, -0.15) is 5.10 Å². The van der Waals surface area contributed by atoms with E-state index in [4.69, 9.17) is 11.6 Å². The zero-order valence-electron chi connectivity index (χ0n) is 15.9. The molecule has 1 aromatic carbocycles. The van der Waals surface area contributed by atoms with Crippen LogP contribution in [0.4, 0.5) is 0 Å². The Kier molecular flexibility index (Phi) is 8.48. The maximum atomic E-state index is 12.0. The van der Waals surface area contributed by atoms with Crippen molar-refractivity contribution in [3.8, 4) is 11.3 Å². The van der Waals surface area contributed by atoms with Gasteiger partial charge in [0.1, 0.15) is 0 Å². The van der Waals surface area contributed by atoms with Crippen LogP contribution >= 0.6 is 11.6 Å². The first-order valence-electron chi connectivity index (χ1n) is 9.36. The van der Waals surface area contributed by atoms with Crippen molar-refractivity contribution in [2.75, 3.05) is 26.2 Å². The van der Waals surface area contributed by atoms with Gasteiger partial charge in [0.25, 0.3) is 5.56 Å². The molecule has 0 radical (unpaired) electrons. The fraction of sp³-hybridized carbons (Fsp3) is 0.450. The van der Waals surface area contributed by atoms with Crippen molar-refractivity contribution >= 4 is 17.5 Å². The van der Waals surface area contributed by atoms with Crippen molar-refractivity contribution < 1.29 is 4.79 Å². The predicted molar refractivity (Wildman–Crippen MR) is 109 cm³/mol. The van der Waals surface area contributed by atoms with Crippen LogP contribution in [0.1, 0.15) is 26.7 Å². The van der Waals surface area contributed by atoms with Crippen LogP contribution in [0.15, 0.2) is 41.2 Å². The molecular weight excluding hydrogens is 364 g/mol. The zero-order chi connectivity index (χ0) is 19.6. The molecule has 1 heterocycles. The maximum Gasteiger partial charge on any atom is 0.266 e. The standard InChI is InChI=1S/C20H27ClN4O2/c1-3-24(4-2)15-13-22-19(26)6-5-14-25-20(27)12-11-18(23-25)16-7-9-17(21)10-8-16/h7-12H,3-6,13-15H2,1-2H3,(H,22,26). The molecular formula is C20H27ClN4O2. The second kappa shape index (κ2) is 10.8. The summed E-state index contributed by atoms with van der Waals surface area (Å²) >= 11 is 5.91. The number of aryl methyl sites for hydroxylation is 1. The summed E-state index contributed by atoms with van der Waals surface area (Å²) in [4.78, 5) is 26.2. The summed E-state index contributed by atoms with van der Waals surface area (Å²) in [6, 6.07) is 10.5. The Labute approximate surface area is 165 Å². The third-order valence-electron chi connectivity index (χ3n) is 4.42. The van der Waals surface area contributed by atoms with Gasteiger partial charge in [0.15, 0.2) is 0 Å². The van der Waals surface area contributed by atoms with Gasteiger partial charge in [0, 0.05) is 42.7 Å². The second-order valence-corrected chi connectivity index (χ2v) is 6.70. The molecule has 0 aliphatic heterocycles. The van der Waals surface area contributed by atoms with Crippen molar-refractivity contribution in [2.45, 2.75) is 33.2 Å². The molecule has 7 heteroatoms. The number of aromatic nitrogens is 2. The molecule has 1 amide bonds. The molecule has 2 aromatic rings. The van der Waals surface area contributed by atoms with Gasteiger partial charge in [-0.25, -0.2) is 4.68 Å². The largest absolute Gasteiger partial charge is 0.355 e. The van der Waals surface area contributed by atoms with Gasteiger partial charge in [-0.05, 0) is 37.7 Å². The van der Waals surface area contributed by atoms with Crippen molar-refractivity contribution in [1.29, 1.82) is 0 Å². The number of amides is 1. The summed E-state index contributed by atoms with van der Waals surface area (Å²) in [6.07, 6.45) is 0.936. The fourth-order valence-corrected chi connectivity index (χ4v) is 2.88. The summed E-state index contributed by atoms with van der Waals surface area (Å²) in [5, 5.41) is 7.98. The van der Waals surface area contributed by atoms with Gasteiger partial charge in [0.05, 0.1) is 5.69 Å². The molecule has 0 fully saturated rings. The Morgan fingerprint density at radius 1 is 1.15 bits per heavy atom. The Morgan fingerprint density at radius 3 is 2.52 bits per heavy atom. The number of rotatable bonds is 10. The number of likely N-dealkylation sites (N-methyl/N-ethyl adjacent to an activating group) is 1. The van der Waals surface area contributed by atoms with Gasteiger partial charge in [-0.15, -0.1) is 0 Å². The molecule has 0 aliphatic carbocycles. The summed E-state index contributed by atoms with van der Waals surface area (Å²) in [7, 11) is 0. The number of halogens is 1.